The molecule has 0 heterocycles. The number of rotatable bonds is 0. The second-order valence-electron chi connectivity index (χ2n) is 5.59. The minimum atomic E-state index is -0.178. The number of halogens is 1. The van der Waals surface area contributed by atoms with Gasteiger partial charge in [0.05, 0.1) is 0 Å². The Hall–Kier alpha value is -2.93. The van der Waals surface area contributed by atoms with Crippen LogP contribution in [0.1, 0.15) is 0 Å². The van der Waals surface area contributed by atoms with Gasteiger partial charge in [-0.3, -0.25) is 0 Å². The van der Waals surface area contributed by atoms with Crippen molar-refractivity contribution in [1.29, 1.82) is 0 Å². The summed E-state index contributed by atoms with van der Waals surface area (Å²) < 4.78 is 11.9. The van der Waals surface area contributed by atoms with Crippen LogP contribution in [-0.2, 0) is 0 Å². The van der Waals surface area contributed by atoms with E-state index in [1.165, 1.54) is 44.5 Å². The summed E-state index contributed by atoms with van der Waals surface area (Å²) in [5.74, 6) is -0.178. The predicted octanol–water partition coefficient (Wildman–Crippen LogP) is 6.41. The topological polar surface area (TPSA) is 0 Å². The molecule has 0 amide bonds. The van der Waals surface area contributed by atoms with Crippen LogP contribution in [0.5, 0.6) is 0 Å². The lowest BCUT2D eigenvalue weighted by atomic mass is 9.95. The van der Waals surface area contributed by atoms with E-state index < -0.39 is 0 Å². The SMILES string of the molecule is Fc1ccccc1.c1cc2ccc3cccc4ccc(c1)c2c34. The molecule has 0 aliphatic carbocycles. The molecular weight excluding hydrogens is 283 g/mol. The smallest absolute Gasteiger partial charge is 0.123 e. The van der Waals surface area contributed by atoms with Crippen LogP contribution >= 0.6 is 0 Å². The van der Waals surface area contributed by atoms with Gasteiger partial charge < -0.3 is 0 Å². The Kier molecular flexibility index (Phi) is 3.39. The fourth-order valence-electron chi connectivity index (χ4n) is 3.08. The zero-order valence-corrected chi connectivity index (χ0v) is 12.5. The number of benzene rings is 5. The predicted molar refractivity (Wildman–Crippen MR) is 96.5 cm³/mol. The highest BCUT2D eigenvalue weighted by Gasteiger charge is 2.05. The molecule has 0 nitrogen and oxygen atoms in total. The van der Waals surface area contributed by atoms with Crippen molar-refractivity contribution in [3.63, 3.8) is 0 Å². The van der Waals surface area contributed by atoms with Gasteiger partial charge in [0, 0.05) is 0 Å². The Balaban J connectivity index is 0.000000164. The van der Waals surface area contributed by atoms with E-state index >= 15 is 0 Å². The molecule has 0 fully saturated rings. The summed E-state index contributed by atoms with van der Waals surface area (Å²) in [7, 11) is 0. The second kappa shape index (κ2) is 5.69. The maximum absolute atomic E-state index is 11.9. The van der Waals surface area contributed by atoms with Gasteiger partial charge in [-0.15, -0.1) is 0 Å². The van der Waals surface area contributed by atoms with Gasteiger partial charge in [0.1, 0.15) is 5.82 Å². The van der Waals surface area contributed by atoms with E-state index in [0.29, 0.717) is 0 Å². The van der Waals surface area contributed by atoms with Crippen LogP contribution in [0.3, 0.4) is 0 Å². The molecule has 0 saturated carbocycles. The first-order valence-electron chi connectivity index (χ1n) is 7.66. The van der Waals surface area contributed by atoms with Crippen LogP contribution in [-0.4, -0.2) is 0 Å². The van der Waals surface area contributed by atoms with Gasteiger partial charge in [0.15, 0.2) is 0 Å². The van der Waals surface area contributed by atoms with Gasteiger partial charge in [-0.2, -0.15) is 0 Å². The van der Waals surface area contributed by atoms with Crippen molar-refractivity contribution in [2.24, 2.45) is 0 Å². The summed E-state index contributed by atoms with van der Waals surface area (Å²) in [5, 5.41) is 8.14. The van der Waals surface area contributed by atoms with Crippen LogP contribution in [0.4, 0.5) is 4.39 Å². The Morgan fingerprint density at radius 3 is 1.09 bits per heavy atom. The van der Waals surface area contributed by atoms with Crippen LogP contribution in [0.25, 0.3) is 32.3 Å². The van der Waals surface area contributed by atoms with Crippen LogP contribution in [0.15, 0.2) is 91.0 Å². The molecule has 1 heteroatoms. The first-order valence-corrected chi connectivity index (χ1v) is 7.66. The van der Waals surface area contributed by atoms with Gasteiger partial charge in [0.2, 0.25) is 0 Å². The first kappa shape index (κ1) is 13.7. The average molecular weight is 298 g/mol. The molecule has 0 N–H and O–H groups in total. The van der Waals surface area contributed by atoms with Crippen LogP contribution in [0, 0.1) is 5.82 Å². The fourth-order valence-corrected chi connectivity index (χ4v) is 3.08. The highest BCUT2D eigenvalue weighted by Crippen LogP contribution is 2.33. The zero-order chi connectivity index (χ0) is 15.6. The van der Waals surface area contributed by atoms with Crippen molar-refractivity contribution in [3.8, 4) is 0 Å². The van der Waals surface area contributed by atoms with E-state index in [0.717, 1.165) is 0 Å². The van der Waals surface area contributed by atoms with Crippen molar-refractivity contribution in [2.45, 2.75) is 0 Å². The van der Waals surface area contributed by atoms with Crippen molar-refractivity contribution in [2.75, 3.05) is 0 Å². The lowest BCUT2D eigenvalue weighted by Crippen LogP contribution is -1.82. The lowest BCUT2D eigenvalue weighted by Gasteiger charge is -2.09. The van der Waals surface area contributed by atoms with E-state index in [9.17, 15) is 4.39 Å². The molecule has 23 heavy (non-hydrogen) atoms. The molecule has 110 valence electrons. The van der Waals surface area contributed by atoms with E-state index in [4.69, 9.17) is 0 Å². The average Bonchev–Trinajstić information content (AvgIpc) is 2.61. The number of hydrogen-bond acceptors (Lipinski definition) is 0. The van der Waals surface area contributed by atoms with Crippen molar-refractivity contribution >= 4 is 32.3 Å². The molecule has 0 aliphatic heterocycles. The maximum atomic E-state index is 11.9. The Morgan fingerprint density at radius 1 is 0.391 bits per heavy atom. The largest absolute Gasteiger partial charge is 0.207 e. The van der Waals surface area contributed by atoms with Gasteiger partial charge in [-0.05, 0) is 44.5 Å². The molecule has 0 aliphatic rings. The van der Waals surface area contributed by atoms with Crippen LogP contribution in [0.2, 0.25) is 0 Å². The van der Waals surface area contributed by atoms with E-state index in [2.05, 4.69) is 60.7 Å². The molecular formula is C22H15F. The van der Waals surface area contributed by atoms with Gasteiger partial charge in [0.25, 0.3) is 0 Å². The molecule has 5 aromatic carbocycles. The first-order chi connectivity index (χ1) is 11.3. The fraction of sp³-hybridized carbons (Fsp3) is 0. The molecule has 0 aromatic heterocycles. The van der Waals surface area contributed by atoms with Crippen LogP contribution < -0.4 is 0 Å². The number of hydrogen-bond donors (Lipinski definition) is 0. The van der Waals surface area contributed by atoms with Gasteiger partial charge in [-0.25, -0.2) is 4.39 Å². The van der Waals surface area contributed by atoms with Gasteiger partial charge >= 0.3 is 0 Å². The summed E-state index contributed by atoms with van der Waals surface area (Å²) in [6.07, 6.45) is 0. The molecule has 0 unspecified atom stereocenters. The Morgan fingerprint density at radius 2 is 0.783 bits per heavy atom. The molecule has 0 saturated heterocycles. The normalized spacial score (nSPS) is 10.8. The highest BCUT2D eigenvalue weighted by atomic mass is 19.1. The summed E-state index contributed by atoms with van der Waals surface area (Å²) >= 11 is 0. The zero-order valence-electron chi connectivity index (χ0n) is 12.5. The standard InChI is InChI=1S/C16H10.C6H5F/c1-3-11-7-9-13-5-2-6-14-10-8-12(4-1)15(11)16(13)14;7-6-4-2-1-3-5-6/h1-10H;1-5H. The third kappa shape index (κ3) is 2.51. The van der Waals surface area contributed by atoms with E-state index in [-0.39, 0.29) is 5.82 Å². The molecule has 0 atom stereocenters. The molecule has 0 bridgehead atoms. The Bertz CT molecular complexity index is 935. The van der Waals surface area contributed by atoms with E-state index in [1.54, 1.807) is 18.2 Å². The lowest BCUT2D eigenvalue weighted by molar-refractivity contribution is 0.628. The molecule has 0 spiro atoms. The maximum Gasteiger partial charge on any atom is 0.123 e. The van der Waals surface area contributed by atoms with Gasteiger partial charge in [-0.1, -0.05) is 78.9 Å². The highest BCUT2D eigenvalue weighted by molar-refractivity contribution is 6.22. The van der Waals surface area contributed by atoms with Crippen molar-refractivity contribution < 1.29 is 4.39 Å². The van der Waals surface area contributed by atoms with Crippen molar-refractivity contribution in [1.82, 2.24) is 0 Å². The third-order valence-electron chi connectivity index (χ3n) is 4.13. The monoisotopic (exact) mass is 298 g/mol. The summed E-state index contributed by atoms with van der Waals surface area (Å²) in [6, 6.07) is 29.8. The third-order valence-corrected chi connectivity index (χ3v) is 4.13. The molecule has 5 rings (SSSR count). The summed E-state index contributed by atoms with van der Waals surface area (Å²) in [5.41, 5.74) is 0. The summed E-state index contributed by atoms with van der Waals surface area (Å²) in [4.78, 5) is 0. The molecule has 5 aromatic rings. The quantitative estimate of drug-likeness (QED) is 0.290. The minimum Gasteiger partial charge on any atom is -0.207 e. The molecule has 0 radical (unpaired) electrons. The minimum absolute atomic E-state index is 0.178. The Labute approximate surface area is 134 Å². The summed E-state index contributed by atoms with van der Waals surface area (Å²) in [6.45, 7) is 0. The van der Waals surface area contributed by atoms with E-state index in [1.807, 2.05) is 0 Å². The second-order valence-corrected chi connectivity index (χ2v) is 5.59. The van der Waals surface area contributed by atoms with Crippen molar-refractivity contribution in [3.05, 3.63) is 96.8 Å².